The van der Waals surface area contributed by atoms with E-state index in [4.69, 9.17) is 11.0 Å². The molecule has 0 saturated heterocycles. The number of aryl methyl sites for hydroxylation is 1. The average molecular weight is 216 g/mol. The zero-order valence-electron chi connectivity index (χ0n) is 10.5. The summed E-state index contributed by atoms with van der Waals surface area (Å²) in [6, 6.07) is 6.26. The van der Waals surface area contributed by atoms with Gasteiger partial charge in [-0.05, 0) is 49.4 Å². The van der Waals surface area contributed by atoms with E-state index in [1.807, 2.05) is 6.92 Å². The van der Waals surface area contributed by atoms with Crippen LogP contribution in [0.25, 0.3) is 0 Å². The summed E-state index contributed by atoms with van der Waals surface area (Å²) in [4.78, 5) is 0. The first-order chi connectivity index (χ1) is 7.52. The van der Waals surface area contributed by atoms with Crippen molar-refractivity contribution in [3.05, 3.63) is 34.4 Å². The maximum absolute atomic E-state index is 9.04. The zero-order valence-corrected chi connectivity index (χ0v) is 10.5. The lowest BCUT2D eigenvalue weighted by Gasteiger charge is -2.20. The summed E-state index contributed by atoms with van der Waals surface area (Å²) in [7, 11) is 0. The maximum Gasteiger partial charge on any atom is 0.0675 e. The molecule has 0 radical (unpaired) electrons. The van der Waals surface area contributed by atoms with Crippen molar-refractivity contribution in [2.24, 2.45) is 11.7 Å². The van der Waals surface area contributed by atoms with Crippen LogP contribution < -0.4 is 5.73 Å². The summed E-state index contributed by atoms with van der Waals surface area (Å²) in [6.45, 7) is 8.29. The fourth-order valence-electron chi connectivity index (χ4n) is 1.98. The normalized spacial score (nSPS) is 14.2. The second-order valence-corrected chi connectivity index (χ2v) is 4.39. The molecule has 1 aromatic rings. The molecule has 86 valence electrons. The number of hydrogen-bond acceptors (Lipinski definition) is 2. The van der Waals surface area contributed by atoms with Gasteiger partial charge in [-0.1, -0.05) is 19.1 Å². The highest BCUT2D eigenvalue weighted by molar-refractivity contribution is 5.40. The van der Waals surface area contributed by atoms with E-state index < -0.39 is 0 Å². The molecule has 2 atom stereocenters. The van der Waals surface area contributed by atoms with Gasteiger partial charge in [-0.25, -0.2) is 0 Å². The molecule has 0 aliphatic heterocycles. The molecular weight excluding hydrogens is 196 g/mol. The molecule has 0 heterocycles. The molecule has 0 aliphatic rings. The Morgan fingerprint density at radius 1 is 1.25 bits per heavy atom. The van der Waals surface area contributed by atoms with E-state index in [0.29, 0.717) is 0 Å². The Labute approximate surface area is 98.1 Å². The third-order valence-corrected chi connectivity index (χ3v) is 3.50. The molecule has 0 fully saturated rings. The highest BCUT2D eigenvalue weighted by Gasteiger charge is 2.19. The van der Waals surface area contributed by atoms with E-state index >= 15 is 0 Å². The molecule has 1 rings (SSSR count). The number of nitrogens with zero attached hydrogens (tertiary/aromatic N) is 1. The summed E-state index contributed by atoms with van der Waals surface area (Å²) in [5, 5.41) is 9.04. The topological polar surface area (TPSA) is 49.8 Å². The lowest BCUT2D eigenvalue weighted by molar-refractivity contribution is 0.515. The highest BCUT2D eigenvalue weighted by Crippen LogP contribution is 2.27. The largest absolute Gasteiger partial charge is 0.323 e. The fourth-order valence-corrected chi connectivity index (χ4v) is 1.98. The molecule has 0 bridgehead atoms. The zero-order chi connectivity index (χ0) is 12.3. The van der Waals surface area contributed by atoms with Crippen molar-refractivity contribution in [3.8, 4) is 6.07 Å². The van der Waals surface area contributed by atoms with Crippen molar-refractivity contribution < 1.29 is 0 Å². The van der Waals surface area contributed by atoms with Crippen molar-refractivity contribution in [3.63, 3.8) is 0 Å². The van der Waals surface area contributed by atoms with Gasteiger partial charge in [0.25, 0.3) is 0 Å². The number of benzene rings is 1. The van der Waals surface area contributed by atoms with Crippen molar-refractivity contribution in [1.29, 1.82) is 5.26 Å². The first-order valence-electron chi connectivity index (χ1n) is 5.74. The molecule has 0 aromatic heterocycles. The Hall–Kier alpha value is -1.33. The fraction of sp³-hybridized carbons (Fsp3) is 0.500. The second kappa shape index (κ2) is 5.14. The Bertz CT molecular complexity index is 415. The minimum atomic E-state index is -0.172. The van der Waals surface area contributed by atoms with Gasteiger partial charge in [-0.15, -0.1) is 0 Å². The van der Waals surface area contributed by atoms with Gasteiger partial charge in [0.2, 0.25) is 0 Å². The number of rotatable bonds is 3. The quantitative estimate of drug-likeness (QED) is 0.843. The van der Waals surface area contributed by atoms with Crippen molar-refractivity contribution in [2.45, 2.75) is 40.2 Å². The lowest BCUT2D eigenvalue weighted by Crippen LogP contribution is -2.21. The molecule has 2 heteroatoms. The van der Waals surface area contributed by atoms with Gasteiger partial charge in [0, 0.05) is 6.04 Å². The van der Waals surface area contributed by atoms with E-state index in [9.17, 15) is 0 Å². The smallest absolute Gasteiger partial charge is 0.0675 e. The molecule has 2 N–H and O–H groups in total. The molecule has 0 amide bonds. The summed E-state index contributed by atoms with van der Waals surface area (Å²) >= 11 is 0. The van der Waals surface area contributed by atoms with Crippen LogP contribution >= 0.6 is 0 Å². The van der Waals surface area contributed by atoms with Crippen LogP contribution in [-0.2, 0) is 0 Å². The van der Waals surface area contributed by atoms with E-state index in [1.54, 1.807) is 0 Å². The molecule has 1 aromatic carbocycles. The Morgan fingerprint density at radius 3 is 2.38 bits per heavy atom. The van der Waals surface area contributed by atoms with Crippen LogP contribution in [0.3, 0.4) is 0 Å². The lowest BCUT2D eigenvalue weighted by atomic mass is 9.87. The molecule has 2 unspecified atom stereocenters. The van der Waals surface area contributed by atoms with Gasteiger partial charge in [0.15, 0.2) is 0 Å². The van der Waals surface area contributed by atoms with Crippen molar-refractivity contribution in [1.82, 2.24) is 0 Å². The van der Waals surface area contributed by atoms with Gasteiger partial charge < -0.3 is 5.73 Å². The minimum absolute atomic E-state index is 0.0965. The predicted octanol–water partition coefficient (Wildman–Crippen LogP) is 3.16. The summed E-state index contributed by atoms with van der Waals surface area (Å²) in [5.41, 5.74) is 11.0. The minimum Gasteiger partial charge on any atom is -0.323 e. The molecular formula is C14H20N2. The van der Waals surface area contributed by atoms with Gasteiger partial charge in [-0.3, -0.25) is 0 Å². The number of nitriles is 1. The van der Waals surface area contributed by atoms with Crippen molar-refractivity contribution in [2.75, 3.05) is 0 Å². The summed E-state index contributed by atoms with van der Waals surface area (Å²) < 4.78 is 0. The first kappa shape index (κ1) is 12.7. The van der Waals surface area contributed by atoms with Crippen LogP contribution in [-0.4, -0.2) is 0 Å². The number of hydrogen-bond donors (Lipinski definition) is 1. The Balaban J connectivity index is 3.15. The third-order valence-electron chi connectivity index (χ3n) is 3.50. The van der Waals surface area contributed by atoms with Gasteiger partial charge in [0.1, 0.15) is 0 Å². The molecule has 0 spiro atoms. The Morgan fingerprint density at radius 2 is 1.88 bits per heavy atom. The molecule has 0 aliphatic carbocycles. The van der Waals surface area contributed by atoms with E-state index in [2.05, 4.69) is 39.0 Å². The first-order valence-corrected chi connectivity index (χ1v) is 5.74. The highest BCUT2D eigenvalue weighted by atomic mass is 14.7. The molecule has 2 nitrogen and oxygen atoms in total. The van der Waals surface area contributed by atoms with Gasteiger partial charge in [-0.2, -0.15) is 5.26 Å². The predicted molar refractivity (Wildman–Crippen MR) is 67.0 cm³/mol. The molecule has 0 saturated carbocycles. The van der Waals surface area contributed by atoms with E-state index in [0.717, 1.165) is 12.0 Å². The maximum atomic E-state index is 9.04. The van der Waals surface area contributed by atoms with Crippen LogP contribution in [0.15, 0.2) is 12.1 Å². The average Bonchev–Trinajstić information content (AvgIpc) is 2.27. The van der Waals surface area contributed by atoms with E-state index in [-0.39, 0.29) is 12.0 Å². The van der Waals surface area contributed by atoms with E-state index in [1.165, 1.54) is 16.7 Å². The second-order valence-electron chi connectivity index (χ2n) is 4.39. The third kappa shape index (κ3) is 2.25. The summed E-state index contributed by atoms with van der Waals surface area (Å²) in [6.07, 6.45) is 0.796. The number of nitrogens with two attached hydrogens (primary N) is 1. The monoisotopic (exact) mass is 216 g/mol. The van der Waals surface area contributed by atoms with Crippen LogP contribution in [0.5, 0.6) is 0 Å². The standard InChI is InChI=1S/C14H20N2/c1-5-12(8-15)14(16)13-7-6-9(2)10(3)11(13)4/h6-7,12,14H,5,16H2,1-4H3. The van der Waals surface area contributed by atoms with Crippen LogP contribution in [0.4, 0.5) is 0 Å². The van der Waals surface area contributed by atoms with Gasteiger partial charge in [0.05, 0.1) is 12.0 Å². The SMILES string of the molecule is CCC(C#N)C(N)c1ccc(C)c(C)c1C. The van der Waals surface area contributed by atoms with Crippen LogP contribution in [0.1, 0.15) is 41.6 Å². The Kier molecular flexibility index (Phi) is 4.09. The van der Waals surface area contributed by atoms with Gasteiger partial charge >= 0.3 is 0 Å². The molecule has 16 heavy (non-hydrogen) atoms. The van der Waals surface area contributed by atoms with Crippen molar-refractivity contribution >= 4 is 0 Å². The summed E-state index contributed by atoms with van der Waals surface area (Å²) in [5.74, 6) is -0.0965. The van der Waals surface area contributed by atoms with Crippen LogP contribution in [0.2, 0.25) is 0 Å². The van der Waals surface area contributed by atoms with Crippen LogP contribution in [0, 0.1) is 38.0 Å².